The van der Waals surface area contributed by atoms with Gasteiger partial charge in [-0.25, -0.2) is 0 Å². The van der Waals surface area contributed by atoms with Crippen molar-refractivity contribution in [2.75, 3.05) is 0 Å². The van der Waals surface area contributed by atoms with Gasteiger partial charge in [0.2, 0.25) is 0 Å². The summed E-state index contributed by atoms with van der Waals surface area (Å²) in [6, 6.07) is 0.612. The Morgan fingerprint density at radius 2 is 1.92 bits per heavy atom. The number of hydrogen-bond donors (Lipinski definition) is 1. The number of ketones is 1. The van der Waals surface area contributed by atoms with Gasteiger partial charge in [0.25, 0.3) is 0 Å². The molecule has 0 aromatic rings. The van der Waals surface area contributed by atoms with Crippen molar-refractivity contribution in [2.24, 2.45) is 0 Å². The lowest BCUT2D eigenvalue weighted by Gasteiger charge is -2.12. The monoisotopic (exact) mass is 167 g/mol. The van der Waals surface area contributed by atoms with E-state index in [4.69, 9.17) is 0 Å². The topological polar surface area (TPSA) is 29.1 Å². The molecular formula is C10H17NO. The van der Waals surface area contributed by atoms with E-state index in [-0.39, 0.29) is 5.78 Å². The summed E-state index contributed by atoms with van der Waals surface area (Å²) in [4.78, 5) is 10.7. The molecule has 0 heterocycles. The van der Waals surface area contributed by atoms with Crippen molar-refractivity contribution < 1.29 is 4.79 Å². The van der Waals surface area contributed by atoms with Gasteiger partial charge in [-0.15, -0.1) is 0 Å². The summed E-state index contributed by atoms with van der Waals surface area (Å²) in [6.45, 7) is 3.54. The summed E-state index contributed by atoms with van der Waals surface area (Å²) in [6.07, 6.45) is 6.82. The van der Waals surface area contributed by atoms with Gasteiger partial charge in [-0.2, -0.15) is 0 Å². The van der Waals surface area contributed by atoms with E-state index in [1.54, 1.807) is 13.0 Å². The lowest BCUT2D eigenvalue weighted by atomic mass is 10.2. The molecule has 0 bridgehead atoms. The van der Waals surface area contributed by atoms with Gasteiger partial charge in [0, 0.05) is 11.7 Å². The van der Waals surface area contributed by atoms with Gasteiger partial charge in [0.05, 0.1) is 0 Å². The molecule has 0 atom stereocenters. The lowest BCUT2D eigenvalue weighted by Crippen LogP contribution is -2.24. The van der Waals surface area contributed by atoms with Crippen molar-refractivity contribution in [3.63, 3.8) is 0 Å². The third-order valence-electron chi connectivity index (χ3n) is 2.21. The standard InChI is InChI=1S/C10H17NO/c1-8(7-9(2)12)11-10-5-3-4-6-10/h7,10-11H,3-6H2,1-2H3. The molecule has 1 aliphatic carbocycles. The highest BCUT2D eigenvalue weighted by Crippen LogP contribution is 2.18. The summed E-state index contributed by atoms with van der Waals surface area (Å²) in [5, 5.41) is 3.35. The second-order valence-electron chi connectivity index (χ2n) is 3.56. The van der Waals surface area contributed by atoms with Gasteiger partial charge < -0.3 is 5.32 Å². The summed E-state index contributed by atoms with van der Waals surface area (Å²) in [7, 11) is 0. The maximum absolute atomic E-state index is 10.7. The van der Waals surface area contributed by atoms with Crippen LogP contribution in [-0.2, 0) is 4.79 Å². The summed E-state index contributed by atoms with van der Waals surface area (Å²) in [5.41, 5.74) is 1.01. The smallest absolute Gasteiger partial charge is 0.154 e. The molecular weight excluding hydrogens is 150 g/mol. The second kappa shape index (κ2) is 4.29. The Balaban J connectivity index is 2.34. The molecule has 1 aliphatic rings. The van der Waals surface area contributed by atoms with Crippen LogP contribution >= 0.6 is 0 Å². The Hall–Kier alpha value is -0.790. The Morgan fingerprint density at radius 3 is 2.42 bits per heavy atom. The molecule has 2 nitrogen and oxygen atoms in total. The zero-order chi connectivity index (χ0) is 8.97. The number of nitrogens with one attached hydrogen (secondary N) is 1. The first-order valence-electron chi connectivity index (χ1n) is 4.64. The van der Waals surface area contributed by atoms with Gasteiger partial charge in [0.15, 0.2) is 5.78 Å². The molecule has 0 radical (unpaired) electrons. The summed E-state index contributed by atoms with van der Waals surface area (Å²) in [5.74, 6) is 0.123. The number of rotatable bonds is 3. The lowest BCUT2D eigenvalue weighted by molar-refractivity contribution is -0.112. The Kier molecular flexibility index (Phi) is 3.32. The van der Waals surface area contributed by atoms with Crippen LogP contribution in [0, 0.1) is 0 Å². The Bertz CT molecular complexity index is 190. The molecule has 68 valence electrons. The Morgan fingerprint density at radius 1 is 1.33 bits per heavy atom. The van der Waals surface area contributed by atoms with Gasteiger partial charge in [-0.05, 0) is 32.8 Å². The summed E-state index contributed by atoms with van der Waals surface area (Å²) < 4.78 is 0. The second-order valence-corrected chi connectivity index (χ2v) is 3.56. The van der Waals surface area contributed by atoms with E-state index in [2.05, 4.69) is 5.32 Å². The average Bonchev–Trinajstić information content (AvgIpc) is 2.37. The molecule has 0 aromatic heterocycles. The number of hydrogen-bond acceptors (Lipinski definition) is 2. The van der Waals surface area contributed by atoms with Crippen LogP contribution in [0.5, 0.6) is 0 Å². The highest BCUT2D eigenvalue weighted by molar-refractivity contribution is 5.87. The van der Waals surface area contributed by atoms with E-state index in [0.717, 1.165) is 5.70 Å². The van der Waals surface area contributed by atoms with Crippen LogP contribution in [0.2, 0.25) is 0 Å². The minimum absolute atomic E-state index is 0.123. The van der Waals surface area contributed by atoms with Crippen molar-refractivity contribution in [1.82, 2.24) is 5.32 Å². The first-order valence-corrected chi connectivity index (χ1v) is 4.64. The third-order valence-corrected chi connectivity index (χ3v) is 2.21. The van der Waals surface area contributed by atoms with Crippen LogP contribution in [0.15, 0.2) is 11.8 Å². The average molecular weight is 167 g/mol. The first kappa shape index (κ1) is 9.30. The first-order chi connectivity index (χ1) is 5.68. The molecule has 0 aromatic carbocycles. The van der Waals surface area contributed by atoms with Crippen molar-refractivity contribution in [3.8, 4) is 0 Å². The van der Waals surface area contributed by atoms with Crippen LogP contribution in [0.4, 0.5) is 0 Å². The molecule has 12 heavy (non-hydrogen) atoms. The van der Waals surface area contributed by atoms with Crippen LogP contribution in [0.25, 0.3) is 0 Å². The molecule has 0 saturated heterocycles. The van der Waals surface area contributed by atoms with Crippen molar-refractivity contribution in [3.05, 3.63) is 11.8 Å². The van der Waals surface area contributed by atoms with E-state index in [1.165, 1.54) is 25.7 Å². The van der Waals surface area contributed by atoms with Gasteiger partial charge in [0.1, 0.15) is 0 Å². The largest absolute Gasteiger partial charge is 0.386 e. The zero-order valence-electron chi connectivity index (χ0n) is 7.89. The van der Waals surface area contributed by atoms with E-state index in [1.807, 2.05) is 6.92 Å². The fourth-order valence-electron chi connectivity index (χ4n) is 1.74. The van der Waals surface area contributed by atoms with Crippen LogP contribution in [0.3, 0.4) is 0 Å². The van der Waals surface area contributed by atoms with E-state index in [0.29, 0.717) is 6.04 Å². The van der Waals surface area contributed by atoms with Crippen LogP contribution in [-0.4, -0.2) is 11.8 Å². The number of allylic oxidation sites excluding steroid dienone is 2. The third kappa shape index (κ3) is 3.07. The van der Waals surface area contributed by atoms with E-state index < -0.39 is 0 Å². The zero-order valence-corrected chi connectivity index (χ0v) is 7.89. The number of carbonyl (C=O) groups excluding carboxylic acids is 1. The number of carbonyl (C=O) groups is 1. The SMILES string of the molecule is CC(=O)C=C(C)NC1CCCC1. The van der Waals surface area contributed by atoms with Gasteiger partial charge >= 0.3 is 0 Å². The molecule has 1 rings (SSSR count). The maximum atomic E-state index is 10.7. The van der Waals surface area contributed by atoms with Crippen molar-refractivity contribution in [2.45, 2.75) is 45.6 Å². The fraction of sp³-hybridized carbons (Fsp3) is 0.700. The molecule has 0 amide bonds. The normalized spacial score (nSPS) is 19.7. The fourth-order valence-corrected chi connectivity index (χ4v) is 1.74. The van der Waals surface area contributed by atoms with Gasteiger partial charge in [-0.1, -0.05) is 12.8 Å². The van der Waals surface area contributed by atoms with Crippen molar-refractivity contribution >= 4 is 5.78 Å². The minimum atomic E-state index is 0.123. The quantitative estimate of drug-likeness (QED) is 0.651. The molecule has 1 saturated carbocycles. The summed E-state index contributed by atoms with van der Waals surface area (Å²) >= 11 is 0. The molecule has 0 unspecified atom stereocenters. The molecule has 1 N–H and O–H groups in total. The molecule has 1 fully saturated rings. The van der Waals surface area contributed by atoms with Crippen LogP contribution in [0.1, 0.15) is 39.5 Å². The highest BCUT2D eigenvalue weighted by Gasteiger charge is 2.13. The molecule has 0 aliphatic heterocycles. The molecule has 0 spiro atoms. The van der Waals surface area contributed by atoms with E-state index in [9.17, 15) is 4.79 Å². The van der Waals surface area contributed by atoms with E-state index >= 15 is 0 Å². The highest BCUT2D eigenvalue weighted by atomic mass is 16.1. The predicted octanol–water partition coefficient (Wildman–Crippen LogP) is 2.01. The predicted molar refractivity (Wildman–Crippen MR) is 49.8 cm³/mol. The Labute approximate surface area is 74.0 Å². The van der Waals surface area contributed by atoms with Gasteiger partial charge in [-0.3, -0.25) is 4.79 Å². The molecule has 2 heteroatoms. The minimum Gasteiger partial charge on any atom is -0.386 e. The van der Waals surface area contributed by atoms with Crippen molar-refractivity contribution in [1.29, 1.82) is 0 Å². The maximum Gasteiger partial charge on any atom is 0.154 e. The van der Waals surface area contributed by atoms with Crippen LogP contribution < -0.4 is 5.32 Å².